The van der Waals surface area contributed by atoms with E-state index in [1.165, 1.54) is 0 Å². The average Bonchev–Trinajstić information content (AvgIpc) is 2.47. The molecule has 0 radical (unpaired) electrons. The largest absolute Gasteiger partial charge is 0.305 e. The molecule has 1 aromatic carbocycles. The number of benzene rings is 1. The third-order valence-electron chi connectivity index (χ3n) is 4.08. The maximum Gasteiger partial charge on any atom is 0.218 e. The number of piperidine rings is 1. The van der Waals surface area contributed by atoms with Crippen LogP contribution in [0.4, 0.5) is 0 Å². The summed E-state index contributed by atoms with van der Waals surface area (Å²) >= 11 is 5.75. The summed E-state index contributed by atoms with van der Waals surface area (Å²) in [5.41, 5.74) is 1.81. The Morgan fingerprint density at radius 2 is 1.90 bits per heavy atom. The van der Waals surface area contributed by atoms with Crippen molar-refractivity contribution in [3.05, 3.63) is 35.4 Å². The van der Waals surface area contributed by atoms with Gasteiger partial charge in [0.1, 0.15) is 0 Å². The van der Waals surface area contributed by atoms with E-state index in [4.69, 9.17) is 11.6 Å². The molecule has 4 nitrogen and oxygen atoms in total. The quantitative estimate of drug-likeness (QED) is 0.778. The van der Waals surface area contributed by atoms with Crippen LogP contribution < -0.4 is 0 Å². The number of likely N-dealkylation sites (N-methyl/N-ethyl adjacent to an activating group) is 2. The molecule has 1 atom stereocenters. The zero-order chi connectivity index (χ0) is 15.5. The van der Waals surface area contributed by atoms with Crippen LogP contribution in [0, 0.1) is 0 Å². The standard InChI is InChI=1S/C15H23ClN2O2S/c1-17-9-3-4-15(11-17)18(2)21(19,20)12-14-7-5-13(10-16)6-8-14/h5-8,15H,3-4,9-12H2,1-2H3. The van der Waals surface area contributed by atoms with Crippen LogP contribution in [0.25, 0.3) is 0 Å². The summed E-state index contributed by atoms with van der Waals surface area (Å²) in [5.74, 6) is 0.494. The van der Waals surface area contributed by atoms with Crippen molar-refractivity contribution in [3.8, 4) is 0 Å². The highest BCUT2D eigenvalue weighted by atomic mass is 35.5. The Bertz CT molecular complexity index is 560. The number of hydrogen-bond acceptors (Lipinski definition) is 3. The minimum absolute atomic E-state index is 0.0479. The van der Waals surface area contributed by atoms with Crippen molar-refractivity contribution in [3.63, 3.8) is 0 Å². The van der Waals surface area contributed by atoms with Gasteiger partial charge in [0.25, 0.3) is 0 Å². The van der Waals surface area contributed by atoms with Crippen LogP contribution in [0.3, 0.4) is 0 Å². The number of likely N-dealkylation sites (tertiary alicyclic amines) is 1. The van der Waals surface area contributed by atoms with Gasteiger partial charge in [-0.15, -0.1) is 11.6 Å². The molecule has 1 aliphatic rings. The molecule has 0 N–H and O–H groups in total. The number of rotatable bonds is 5. The fourth-order valence-electron chi connectivity index (χ4n) is 2.70. The van der Waals surface area contributed by atoms with Crippen molar-refractivity contribution >= 4 is 21.6 Å². The molecule has 1 saturated heterocycles. The number of nitrogens with zero attached hydrogens (tertiary/aromatic N) is 2. The SMILES string of the molecule is CN1CCCC(N(C)S(=O)(=O)Cc2ccc(CCl)cc2)C1. The molecule has 1 fully saturated rings. The molecule has 0 spiro atoms. The summed E-state index contributed by atoms with van der Waals surface area (Å²) in [6, 6.07) is 7.53. The lowest BCUT2D eigenvalue weighted by molar-refractivity contribution is 0.187. The molecule has 1 unspecified atom stereocenters. The zero-order valence-corrected chi connectivity index (χ0v) is 14.2. The fraction of sp³-hybridized carbons (Fsp3) is 0.600. The van der Waals surface area contributed by atoms with E-state index >= 15 is 0 Å². The van der Waals surface area contributed by atoms with Gasteiger partial charge < -0.3 is 4.90 Å². The number of halogens is 1. The highest BCUT2D eigenvalue weighted by Gasteiger charge is 2.29. The first-order valence-corrected chi connectivity index (χ1v) is 9.35. The fourth-order valence-corrected chi connectivity index (χ4v) is 4.32. The summed E-state index contributed by atoms with van der Waals surface area (Å²) in [6.45, 7) is 1.85. The summed E-state index contributed by atoms with van der Waals surface area (Å²) in [5, 5.41) is 0. The molecular formula is C15H23ClN2O2S. The van der Waals surface area contributed by atoms with E-state index in [2.05, 4.69) is 4.90 Å². The smallest absolute Gasteiger partial charge is 0.218 e. The van der Waals surface area contributed by atoms with Crippen molar-refractivity contribution < 1.29 is 8.42 Å². The van der Waals surface area contributed by atoms with E-state index in [0.29, 0.717) is 5.88 Å². The van der Waals surface area contributed by atoms with Gasteiger partial charge in [0.05, 0.1) is 5.75 Å². The molecule has 0 aliphatic carbocycles. The van der Waals surface area contributed by atoms with E-state index < -0.39 is 10.0 Å². The third kappa shape index (κ3) is 4.42. The topological polar surface area (TPSA) is 40.6 Å². The maximum atomic E-state index is 12.5. The van der Waals surface area contributed by atoms with Gasteiger partial charge in [0, 0.05) is 25.5 Å². The molecular weight excluding hydrogens is 308 g/mol. The van der Waals surface area contributed by atoms with Gasteiger partial charge in [-0.3, -0.25) is 0 Å². The van der Waals surface area contributed by atoms with Crippen LogP contribution in [0.2, 0.25) is 0 Å². The Morgan fingerprint density at radius 1 is 1.29 bits per heavy atom. The van der Waals surface area contributed by atoms with Crippen LogP contribution in [0.1, 0.15) is 24.0 Å². The molecule has 0 amide bonds. The Labute approximate surface area is 132 Å². The van der Waals surface area contributed by atoms with E-state index in [1.807, 2.05) is 31.3 Å². The van der Waals surface area contributed by atoms with Gasteiger partial charge in [-0.05, 0) is 37.6 Å². The lowest BCUT2D eigenvalue weighted by atomic mass is 10.1. The molecule has 2 rings (SSSR count). The highest BCUT2D eigenvalue weighted by molar-refractivity contribution is 7.88. The van der Waals surface area contributed by atoms with Crippen molar-refractivity contribution in [2.24, 2.45) is 0 Å². The van der Waals surface area contributed by atoms with E-state index in [1.54, 1.807) is 11.4 Å². The first kappa shape index (κ1) is 16.7. The Hall–Kier alpha value is -0.620. The summed E-state index contributed by atoms with van der Waals surface area (Å²) in [7, 11) is 0.458. The van der Waals surface area contributed by atoms with Crippen LogP contribution in [-0.4, -0.2) is 50.8 Å². The second-order valence-corrected chi connectivity index (χ2v) is 8.08. The Balaban J connectivity index is 2.05. The van der Waals surface area contributed by atoms with Crippen molar-refractivity contribution in [1.29, 1.82) is 0 Å². The van der Waals surface area contributed by atoms with Crippen molar-refractivity contribution in [2.75, 3.05) is 27.2 Å². The predicted molar refractivity (Wildman–Crippen MR) is 86.9 cm³/mol. The summed E-state index contributed by atoms with van der Waals surface area (Å²) < 4.78 is 26.6. The third-order valence-corrected chi connectivity index (χ3v) is 6.26. The van der Waals surface area contributed by atoms with E-state index in [9.17, 15) is 8.42 Å². The molecule has 0 aromatic heterocycles. The van der Waals surface area contributed by atoms with Crippen LogP contribution in [-0.2, 0) is 21.7 Å². The molecule has 118 valence electrons. The van der Waals surface area contributed by atoms with Crippen molar-refractivity contribution in [1.82, 2.24) is 9.21 Å². The second-order valence-electron chi connectivity index (χ2n) is 5.78. The second kappa shape index (κ2) is 7.09. The number of sulfonamides is 1. The van der Waals surface area contributed by atoms with Gasteiger partial charge in [-0.1, -0.05) is 24.3 Å². The van der Waals surface area contributed by atoms with Crippen molar-refractivity contribution in [2.45, 2.75) is 30.5 Å². The minimum Gasteiger partial charge on any atom is -0.305 e. The first-order valence-electron chi connectivity index (χ1n) is 7.20. The number of alkyl halides is 1. The van der Waals surface area contributed by atoms with Crippen LogP contribution >= 0.6 is 11.6 Å². The molecule has 21 heavy (non-hydrogen) atoms. The molecule has 0 bridgehead atoms. The maximum absolute atomic E-state index is 12.5. The lowest BCUT2D eigenvalue weighted by Gasteiger charge is -2.35. The lowest BCUT2D eigenvalue weighted by Crippen LogP contribution is -2.47. The van der Waals surface area contributed by atoms with E-state index in [0.717, 1.165) is 37.1 Å². The monoisotopic (exact) mass is 330 g/mol. The zero-order valence-electron chi connectivity index (χ0n) is 12.6. The molecule has 1 aromatic rings. The molecule has 1 heterocycles. The van der Waals surface area contributed by atoms with Gasteiger partial charge in [-0.25, -0.2) is 12.7 Å². The summed E-state index contributed by atoms with van der Waals surface area (Å²) in [6.07, 6.45) is 1.98. The highest BCUT2D eigenvalue weighted by Crippen LogP contribution is 2.19. The Kier molecular flexibility index (Phi) is 5.66. The first-order chi connectivity index (χ1) is 9.92. The van der Waals surface area contributed by atoms with E-state index in [-0.39, 0.29) is 11.8 Å². The minimum atomic E-state index is -3.28. The number of hydrogen-bond donors (Lipinski definition) is 0. The average molecular weight is 331 g/mol. The molecule has 6 heteroatoms. The van der Waals surface area contributed by atoms with Gasteiger partial charge in [0.2, 0.25) is 10.0 Å². The van der Waals surface area contributed by atoms with Crippen LogP contribution in [0.5, 0.6) is 0 Å². The van der Waals surface area contributed by atoms with Gasteiger partial charge in [-0.2, -0.15) is 0 Å². The van der Waals surface area contributed by atoms with Gasteiger partial charge >= 0.3 is 0 Å². The summed E-state index contributed by atoms with van der Waals surface area (Å²) in [4.78, 5) is 2.19. The Morgan fingerprint density at radius 3 is 2.48 bits per heavy atom. The normalized spacial score (nSPS) is 20.9. The predicted octanol–water partition coefficient (Wildman–Crippen LogP) is 2.28. The van der Waals surface area contributed by atoms with Crippen LogP contribution in [0.15, 0.2) is 24.3 Å². The molecule has 1 aliphatic heterocycles. The van der Waals surface area contributed by atoms with Gasteiger partial charge in [0.15, 0.2) is 0 Å². The molecule has 0 saturated carbocycles.